The van der Waals surface area contributed by atoms with Crippen LogP contribution in [0.25, 0.3) is 0 Å². The molecule has 0 saturated heterocycles. The van der Waals surface area contributed by atoms with Gasteiger partial charge in [0.1, 0.15) is 12.1 Å². The average molecular weight is 366 g/mol. The molecule has 0 radical (unpaired) electrons. The van der Waals surface area contributed by atoms with Crippen molar-refractivity contribution in [3.63, 3.8) is 0 Å². The summed E-state index contributed by atoms with van der Waals surface area (Å²) in [6, 6.07) is 0. The van der Waals surface area contributed by atoms with Crippen LogP contribution in [-0.4, -0.2) is 29.8 Å². The fraction of sp³-hybridized carbons (Fsp3) is 0.870. The predicted octanol–water partition coefficient (Wildman–Crippen LogP) is 6.59. The number of aliphatic hydroxyl groups excluding tert-OH is 1. The molecule has 3 heteroatoms. The van der Waals surface area contributed by atoms with Gasteiger partial charge in [0, 0.05) is 6.42 Å². The van der Waals surface area contributed by atoms with Crippen molar-refractivity contribution in [3.8, 4) is 0 Å². The van der Waals surface area contributed by atoms with E-state index >= 15 is 0 Å². The standard InChI is InChI=1S/C23H43NO2/c1-3-5-6-7-8-9-10-11-12-13-14-15-16-17-18-19-22-24-23(4-2,20-25)21-26-22/h17-18,25H,3-16,19-21H2,1-2H3. The number of allylic oxidation sites excluding steroid dienone is 1. The van der Waals surface area contributed by atoms with Crippen LogP contribution in [0.15, 0.2) is 17.1 Å². The summed E-state index contributed by atoms with van der Waals surface area (Å²) in [5.41, 5.74) is -0.376. The number of nitrogens with zero attached hydrogens (tertiary/aromatic N) is 1. The largest absolute Gasteiger partial charge is 0.478 e. The quantitative estimate of drug-likeness (QED) is 0.233. The zero-order valence-corrected chi connectivity index (χ0v) is 17.5. The Labute approximate surface area is 162 Å². The van der Waals surface area contributed by atoms with Crippen LogP contribution in [0.4, 0.5) is 0 Å². The van der Waals surface area contributed by atoms with Gasteiger partial charge in [0.2, 0.25) is 0 Å². The lowest BCUT2D eigenvalue weighted by Crippen LogP contribution is -2.31. The van der Waals surface area contributed by atoms with Crippen molar-refractivity contribution in [1.82, 2.24) is 0 Å². The smallest absolute Gasteiger partial charge is 0.187 e. The van der Waals surface area contributed by atoms with E-state index in [9.17, 15) is 5.11 Å². The third-order valence-corrected chi connectivity index (χ3v) is 5.51. The van der Waals surface area contributed by atoms with Crippen LogP contribution in [0.5, 0.6) is 0 Å². The van der Waals surface area contributed by atoms with Gasteiger partial charge in [0.25, 0.3) is 0 Å². The van der Waals surface area contributed by atoms with Gasteiger partial charge < -0.3 is 9.84 Å². The first-order valence-corrected chi connectivity index (χ1v) is 11.2. The second-order valence-corrected chi connectivity index (χ2v) is 7.88. The Morgan fingerprint density at radius 1 is 0.885 bits per heavy atom. The Balaban J connectivity index is 1.88. The number of hydrogen-bond acceptors (Lipinski definition) is 3. The summed E-state index contributed by atoms with van der Waals surface area (Å²) in [4.78, 5) is 4.55. The van der Waals surface area contributed by atoms with Gasteiger partial charge in [-0.3, -0.25) is 0 Å². The molecule has 152 valence electrons. The number of aliphatic hydroxyl groups is 1. The summed E-state index contributed by atoms with van der Waals surface area (Å²) < 4.78 is 5.61. The Bertz CT molecular complexity index is 386. The number of hydrogen-bond donors (Lipinski definition) is 1. The van der Waals surface area contributed by atoms with E-state index in [1.165, 1.54) is 77.0 Å². The van der Waals surface area contributed by atoms with Gasteiger partial charge in [-0.25, -0.2) is 4.99 Å². The van der Waals surface area contributed by atoms with Gasteiger partial charge in [0.05, 0.1) is 6.61 Å². The van der Waals surface area contributed by atoms with Crippen LogP contribution in [0.3, 0.4) is 0 Å². The maximum Gasteiger partial charge on any atom is 0.187 e. The molecule has 0 aromatic rings. The molecule has 1 unspecified atom stereocenters. The van der Waals surface area contributed by atoms with E-state index in [1.54, 1.807) is 0 Å². The number of ether oxygens (including phenoxy) is 1. The molecular formula is C23H43NO2. The molecule has 1 aliphatic heterocycles. The van der Waals surface area contributed by atoms with E-state index < -0.39 is 0 Å². The molecule has 0 spiro atoms. The van der Waals surface area contributed by atoms with E-state index in [2.05, 4.69) is 31.0 Å². The van der Waals surface area contributed by atoms with Crippen molar-refractivity contribution in [1.29, 1.82) is 0 Å². The normalized spacial score (nSPS) is 19.9. The molecule has 0 aliphatic carbocycles. The highest BCUT2D eigenvalue weighted by atomic mass is 16.5. The molecule has 1 rings (SSSR count). The molecule has 1 atom stereocenters. The van der Waals surface area contributed by atoms with Gasteiger partial charge in [-0.2, -0.15) is 0 Å². The maximum absolute atomic E-state index is 9.43. The minimum atomic E-state index is -0.376. The van der Waals surface area contributed by atoms with E-state index in [-0.39, 0.29) is 12.1 Å². The Morgan fingerprint density at radius 3 is 1.96 bits per heavy atom. The van der Waals surface area contributed by atoms with Crippen LogP contribution >= 0.6 is 0 Å². The lowest BCUT2D eigenvalue weighted by molar-refractivity contribution is 0.153. The van der Waals surface area contributed by atoms with Crippen molar-refractivity contribution in [2.24, 2.45) is 4.99 Å². The topological polar surface area (TPSA) is 41.8 Å². The average Bonchev–Trinajstić information content (AvgIpc) is 3.09. The van der Waals surface area contributed by atoms with Crippen LogP contribution in [0.2, 0.25) is 0 Å². The molecular weight excluding hydrogens is 322 g/mol. The van der Waals surface area contributed by atoms with Crippen molar-refractivity contribution in [2.45, 2.75) is 116 Å². The number of unbranched alkanes of at least 4 members (excludes halogenated alkanes) is 12. The Morgan fingerprint density at radius 2 is 1.46 bits per heavy atom. The molecule has 1 N–H and O–H groups in total. The monoisotopic (exact) mass is 365 g/mol. The molecule has 0 amide bonds. The zero-order valence-electron chi connectivity index (χ0n) is 17.5. The summed E-state index contributed by atoms with van der Waals surface area (Å²) in [5, 5.41) is 9.43. The van der Waals surface area contributed by atoms with Crippen molar-refractivity contribution >= 4 is 5.90 Å². The molecule has 0 aromatic carbocycles. The molecule has 3 nitrogen and oxygen atoms in total. The first-order valence-electron chi connectivity index (χ1n) is 11.2. The maximum atomic E-state index is 9.43. The van der Waals surface area contributed by atoms with Crippen LogP contribution in [-0.2, 0) is 4.74 Å². The molecule has 0 aromatic heterocycles. The summed E-state index contributed by atoms with van der Waals surface area (Å²) in [6.07, 6.45) is 24.0. The van der Waals surface area contributed by atoms with E-state index in [0.717, 1.165) is 25.2 Å². The van der Waals surface area contributed by atoms with Gasteiger partial charge in [0.15, 0.2) is 5.90 Å². The lowest BCUT2D eigenvalue weighted by Gasteiger charge is -2.17. The van der Waals surface area contributed by atoms with Gasteiger partial charge >= 0.3 is 0 Å². The van der Waals surface area contributed by atoms with E-state index in [1.807, 2.05) is 0 Å². The first kappa shape index (κ1) is 23.2. The summed E-state index contributed by atoms with van der Waals surface area (Å²) in [6.45, 7) is 4.94. The van der Waals surface area contributed by atoms with Crippen LogP contribution < -0.4 is 0 Å². The number of rotatable bonds is 17. The van der Waals surface area contributed by atoms with Crippen LogP contribution in [0.1, 0.15) is 110 Å². The SMILES string of the molecule is CCCCCCCCCCCCCCC=CCC1=NC(CC)(CO)CO1. The van der Waals surface area contributed by atoms with Crippen molar-refractivity contribution < 1.29 is 9.84 Å². The van der Waals surface area contributed by atoms with E-state index in [4.69, 9.17) is 4.74 Å². The molecule has 1 heterocycles. The minimum Gasteiger partial charge on any atom is -0.478 e. The molecule has 0 fully saturated rings. The van der Waals surface area contributed by atoms with E-state index in [0.29, 0.717) is 6.61 Å². The predicted molar refractivity (Wildman–Crippen MR) is 113 cm³/mol. The highest BCUT2D eigenvalue weighted by Crippen LogP contribution is 2.23. The second-order valence-electron chi connectivity index (χ2n) is 7.88. The van der Waals surface area contributed by atoms with Crippen LogP contribution in [0, 0.1) is 0 Å². The van der Waals surface area contributed by atoms with Gasteiger partial charge in [-0.15, -0.1) is 0 Å². The summed E-state index contributed by atoms with van der Waals surface area (Å²) >= 11 is 0. The summed E-state index contributed by atoms with van der Waals surface area (Å²) in [5.74, 6) is 0.784. The first-order chi connectivity index (χ1) is 12.8. The molecule has 1 aliphatic rings. The van der Waals surface area contributed by atoms with Gasteiger partial charge in [-0.1, -0.05) is 96.6 Å². The third kappa shape index (κ3) is 10.4. The Kier molecular flexibility index (Phi) is 13.6. The minimum absolute atomic E-state index is 0.0789. The fourth-order valence-electron chi connectivity index (χ4n) is 3.43. The third-order valence-electron chi connectivity index (χ3n) is 5.51. The highest BCUT2D eigenvalue weighted by Gasteiger charge is 2.33. The van der Waals surface area contributed by atoms with Crippen molar-refractivity contribution in [2.75, 3.05) is 13.2 Å². The molecule has 26 heavy (non-hydrogen) atoms. The highest BCUT2D eigenvalue weighted by molar-refractivity contribution is 5.79. The van der Waals surface area contributed by atoms with Gasteiger partial charge in [-0.05, 0) is 19.3 Å². The Hall–Kier alpha value is -0.830. The molecule has 0 bridgehead atoms. The second kappa shape index (κ2) is 15.2. The number of aliphatic imine (C=N–C) groups is 1. The summed E-state index contributed by atoms with van der Waals surface area (Å²) in [7, 11) is 0. The lowest BCUT2D eigenvalue weighted by atomic mass is 10.0. The zero-order chi connectivity index (χ0) is 18.9. The fourth-order valence-corrected chi connectivity index (χ4v) is 3.43. The van der Waals surface area contributed by atoms with Crippen molar-refractivity contribution in [3.05, 3.63) is 12.2 Å². The molecule has 0 saturated carbocycles.